The van der Waals surface area contributed by atoms with E-state index >= 15 is 8.78 Å². The molecule has 46 heavy (non-hydrogen) atoms. The molecule has 7 rings (SSSR count). The van der Waals surface area contributed by atoms with Gasteiger partial charge in [-0.05, 0) is 78.7 Å². The molecule has 1 aliphatic heterocycles. The largest absolute Gasteiger partial charge is 0.456 e. The Morgan fingerprint density at radius 1 is 0.978 bits per heavy atom. The van der Waals surface area contributed by atoms with Gasteiger partial charge in [0.1, 0.15) is 11.4 Å². The molecule has 1 aromatic carbocycles. The van der Waals surface area contributed by atoms with Gasteiger partial charge in [0, 0.05) is 62.9 Å². The van der Waals surface area contributed by atoms with Gasteiger partial charge in [0.05, 0.1) is 6.20 Å². The van der Waals surface area contributed by atoms with Gasteiger partial charge in [0.15, 0.2) is 5.78 Å². The van der Waals surface area contributed by atoms with Crippen molar-refractivity contribution in [3.05, 3.63) is 76.8 Å². The molecule has 1 aromatic heterocycles. The average molecular weight is 643 g/mol. The molecule has 1 saturated heterocycles. The van der Waals surface area contributed by atoms with Gasteiger partial charge in [0.2, 0.25) is 0 Å². The van der Waals surface area contributed by atoms with E-state index in [-0.39, 0.29) is 24.5 Å². The van der Waals surface area contributed by atoms with Gasteiger partial charge in [-0.15, -0.1) is 0 Å². The summed E-state index contributed by atoms with van der Waals surface area (Å²) >= 11 is 0. The quantitative estimate of drug-likeness (QED) is 0.370. The number of benzene rings is 1. The summed E-state index contributed by atoms with van der Waals surface area (Å²) in [5, 5.41) is 11.5. The van der Waals surface area contributed by atoms with Crippen molar-refractivity contribution in [1.82, 2.24) is 14.9 Å². The summed E-state index contributed by atoms with van der Waals surface area (Å²) in [6, 6.07) is 8.00. The SMILES string of the molecule is CC12C[C@H](c3ccc(CN4CCN(c5cnccn5)CC4)cc3)C3=C4CCC(=O)C=C4CCC3C1CC[C@@]2(O)C(F)(F)C(F)(F)F. The number of carbonyl (C=O) groups is 1. The number of nitrogens with zero attached hydrogens (tertiary/aromatic N) is 4. The van der Waals surface area contributed by atoms with E-state index in [1.165, 1.54) is 6.92 Å². The minimum atomic E-state index is -5.86. The fourth-order valence-electron chi connectivity index (χ4n) is 9.42. The Hall–Kier alpha value is -3.18. The molecule has 1 N–H and O–H groups in total. The van der Waals surface area contributed by atoms with E-state index < -0.39 is 41.4 Å². The Balaban J connectivity index is 1.19. The molecule has 11 heteroatoms. The molecule has 3 unspecified atom stereocenters. The molecule has 2 aromatic rings. The average Bonchev–Trinajstić information content (AvgIpc) is 3.32. The van der Waals surface area contributed by atoms with Crippen LogP contribution in [0.5, 0.6) is 0 Å². The number of alkyl halides is 5. The lowest BCUT2D eigenvalue weighted by molar-refractivity contribution is -0.362. The fraction of sp³-hybridized carbons (Fsp3) is 0.571. The van der Waals surface area contributed by atoms with E-state index in [2.05, 4.69) is 19.8 Å². The number of allylic oxidation sites excluding steroid dienone is 4. The highest BCUT2D eigenvalue weighted by Gasteiger charge is 2.79. The van der Waals surface area contributed by atoms with Crippen LogP contribution in [0.4, 0.5) is 27.8 Å². The Morgan fingerprint density at radius 3 is 2.39 bits per heavy atom. The van der Waals surface area contributed by atoms with Crippen LogP contribution in [-0.2, 0) is 11.3 Å². The van der Waals surface area contributed by atoms with Crippen LogP contribution in [0.25, 0.3) is 0 Å². The predicted octanol–water partition coefficient (Wildman–Crippen LogP) is 6.63. The van der Waals surface area contributed by atoms with Crippen molar-refractivity contribution in [3.8, 4) is 0 Å². The smallest absolute Gasteiger partial charge is 0.383 e. The van der Waals surface area contributed by atoms with Crippen LogP contribution in [0.3, 0.4) is 0 Å². The highest BCUT2D eigenvalue weighted by atomic mass is 19.4. The molecular weight excluding hydrogens is 603 g/mol. The van der Waals surface area contributed by atoms with Crippen molar-refractivity contribution in [3.63, 3.8) is 0 Å². The molecule has 246 valence electrons. The van der Waals surface area contributed by atoms with Gasteiger partial charge in [-0.3, -0.25) is 14.7 Å². The number of hydrogen-bond acceptors (Lipinski definition) is 6. The van der Waals surface area contributed by atoms with Gasteiger partial charge < -0.3 is 10.0 Å². The lowest BCUT2D eigenvalue weighted by atomic mass is 9.50. The van der Waals surface area contributed by atoms with Crippen molar-refractivity contribution < 1.29 is 31.9 Å². The van der Waals surface area contributed by atoms with Crippen LogP contribution < -0.4 is 4.90 Å². The van der Waals surface area contributed by atoms with Crippen molar-refractivity contribution >= 4 is 11.6 Å². The van der Waals surface area contributed by atoms with Gasteiger partial charge in [-0.2, -0.15) is 22.0 Å². The second-order valence-corrected chi connectivity index (χ2v) is 14.0. The first-order valence-electron chi connectivity index (χ1n) is 16.3. The van der Waals surface area contributed by atoms with Crippen LogP contribution in [0, 0.1) is 17.3 Å². The number of aromatic nitrogens is 2. The fourth-order valence-corrected chi connectivity index (χ4v) is 9.42. The number of piperazine rings is 1. The van der Waals surface area contributed by atoms with Crippen LogP contribution in [-0.4, -0.2) is 69.6 Å². The zero-order chi connectivity index (χ0) is 32.5. The predicted molar refractivity (Wildman–Crippen MR) is 162 cm³/mol. The van der Waals surface area contributed by atoms with Crippen molar-refractivity contribution in [1.29, 1.82) is 0 Å². The van der Waals surface area contributed by atoms with Crippen molar-refractivity contribution in [2.75, 3.05) is 31.1 Å². The first kappa shape index (κ1) is 31.4. The number of carbonyl (C=O) groups excluding carboxylic acids is 1. The maximum absolute atomic E-state index is 15.2. The first-order chi connectivity index (χ1) is 21.8. The molecule has 0 radical (unpaired) electrons. The van der Waals surface area contributed by atoms with E-state index in [1.54, 1.807) is 24.7 Å². The molecule has 0 amide bonds. The molecule has 5 aliphatic rings. The topological polar surface area (TPSA) is 69.6 Å². The number of rotatable bonds is 5. The summed E-state index contributed by atoms with van der Waals surface area (Å²) in [5.74, 6) is -5.49. The van der Waals surface area contributed by atoms with Crippen molar-refractivity contribution in [2.24, 2.45) is 17.3 Å². The van der Waals surface area contributed by atoms with E-state index in [0.717, 1.165) is 66.4 Å². The van der Waals surface area contributed by atoms with Gasteiger partial charge >= 0.3 is 12.1 Å². The Morgan fingerprint density at radius 2 is 1.72 bits per heavy atom. The summed E-state index contributed by atoms with van der Waals surface area (Å²) in [5.41, 5.74) is 0.209. The van der Waals surface area contributed by atoms with Crippen LogP contribution in [0.2, 0.25) is 0 Å². The zero-order valence-electron chi connectivity index (χ0n) is 25.9. The third-order valence-corrected chi connectivity index (χ3v) is 11.8. The Bertz CT molecular complexity index is 1550. The van der Waals surface area contributed by atoms with Crippen LogP contribution in [0.15, 0.2) is 65.7 Å². The highest BCUT2D eigenvalue weighted by Crippen LogP contribution is 2.70. The van der Waals surface area contributed by atoms with E-state index in [9.17, 15) is 23.1 Å². The first-order valence-corrected chi connectivity index (χ1v) is 16.3. The number of hydrogen-bond donors (Lipinski definition) is 1. The lowest BCUT2D eigenvalue weighted by Crippen LogP contribution is -2.65. The second-order valence-electron chi connectivity index (χ2n) is 14.0. The van der Waals surface area contributed by atoms with Crippen LogP contribution >= 0.6 is 0 Å². The van der Waals surface area contributed by atoms with Gasteiger partial charge in [-0.1, -0.05) is 36.8 Å². The molecule has 2 heterocycles. The third-order valence-electron chi connectivity index (χ3n) is 11.8. The maximum atomic E-state index is 15.2. The summed E-state index contributed by atoms with van der Waals surface area (Å²) in [4.78, 5) is 25.4. The normalized spacial score (nSPS) is 32.2. The molecule has 4 aliphatic carbocycles. The number of anilines is 1. The van der Waals surface area contributed by atoms with Crippen LogP contribution in [0.1, 0.15) is 68.9 Å². The van der Waals surface area contributed by atoms with E-state index in [1.807, 2.05) is 24.3 Å². The molecule has 5 atom stereocenters. The minimum Gasteiger partial charge on any atom is -0.383 e. The Kier molecular flexibility index (Phi) is 7.66. The van der Waals surface area contributed by atoms with Gasteiger partial charge in [-0.25, -0.2) is 4.98 Å². The standard InChI is InChI=1S/C35H39F5N4O2/c1-32-19-28(23-4-2-22(3-5-23)21-43-14-16-44(17-15-43)30-20-41-12-13-42-30)31-26-9-7-25(45)18-24(26)6-8-27(31)29(32)10-11-33(32,46)34(36,37)35(38,39)40/h2-5,12-13,18,20,27-29,46H,6-11,14-17,19,21H2,1H3/t27?,28-,29?,32?,33+/m1/s1. The van der Waals surface area contributed by atoms with E-state index in [4.69, 9.17) is 0 Å². The second kappa shape index (κ2) is 11.2. The minimum absolute atomic E-state index is 0.0138. The summed E-state index contributed by atoms with van der Waals surface area (Å²) in [6.07, 6.45) is 2.50. The molecular formula is C35H39F5N4O2. The van der Waals surface area contributed by atoms with Crippen molar-refractivity contribution in [2.45, 2.75) is 82.0 Å². The number of ketones is 1. The summed E-state index contributed by atoms with van der Waals surface area (Å²) in [6.45, 7) is 5.52. The molecule has 0 bridgehead atoms. The van der Waals surface area contributed by atoms with E-state index in [0.29, 0.717) is 25.7 Å². The number of aliphatic hydroxyl groups is 1. The third kappa shape index (κ3) is 4.91. The summed E-state index contributed by atoms with van der Waals surface area (Å²) < 4.78 is 72.0. The maximum Gasteiger partial charge on any atom is 0.456 e. The zero-order valence-corrected chi connectivity index (χ0v) is 25.9. The summed E-state index contributed by atoms with van der Waals surface area (Å²) in [7, 11) is 0. The number of fused-ring (bicyclic) bond motifs is 4. The molecule has 6 nitrogen and oxygen atoms in total. The molecule has 0 spiro atoms. The highest BCUT2D eigenvalue weighted by molar-refractivity contribution is 5.93. The lowest BCUT2D eigenvalue weighted by Gasteiger charge is -2.56. The molecule has 2 saturated carbocycles. The monoisotopic (exact) mass is 642 g/mol. The van der Waals surface area contributed by atoms with Gasteiger partial charge in [0.25, 0.3) is 0 Å². The Labute approximate surface area is 265 Å². The molecule has 3 fully saturated rings. The number of halogens is 5.